The van der Waals surface area contributed by atoms with E-state index in [1.54, 1.807) is 13.0 Å². The second-order valence-corrected chi connectivity index (χ2v) is 7.33. The zero-order chi connectivity index (χ0) is 17.3. The summed E-state index contributed by atoms with van der Waals surface area (Å²) >= 11 is 0. The van der Waals surface area contributed by atoms with Gasteiger partial charge in [-0.3, -0.25) is 9.59 Å². The summed E-state index contributed by atoms with van der Waals surface area (Å²) in [6.07, 6.45) is 3.05. The van der Waals surface area contributed by atoms with Crippen molar-refractivity contribution < 1.29 is 9.59 Å². The second kappa shape index (κ2) is 6.91. The van der Waals surface area contributed by atoms with Gasteiger partial charge in [0.15, 0.2) is 0 Å². The molecule has 1 fully saturated rings. The monoisotopic (exact) mass is 330 g/mol. The van der Waals surface area contributed by atoms with E-state index >= 15 is 0 Å². The Morgan fingerprint density at radius 2 is 2.04 bits per heavy atom. The minimum atomic E-state index is -0.190. The number of carbonyl (C=O) groups is 2. The molecule has 0 aromatic carbocycles. The molecule has 5 nitrogen and oxygen atoms in total. The molecule has 1 saturated heterocycles. The van der Waals surface area contributed by atoms with E-state index in [4.69, 9.17) is 0 Å². The highest BCUT2D eigenvalue weighted by Gasteiger charge is 2.37. The highest BCUT2D eigenvalue weighted by Crippen LogP contribution is 2.35. The van der Waals surface area contributed by atoms with Crippen LogP contribution < -0.4 is 5.56 Å². The van der Waals surface area contributed by atoms with Gasteiger partial charge in [-0.25, -0.2) is 0 Å². The molecule has 1 aromatic heterocycles. The Bertz CT molecular complexity index is 694. The number of piperidine rings is 1. The lowest BCUT2D eigenvalue weighted by Crippen LogP contribution is -2.50. The standard InChI is InChI=1S/C19H26N2O3/c1-3-5-15(8-13(2)22)19(24)20-10-14-9-16(12-20)17-6-4-7-18(23)21(17)11-14/h4,6-7,14-16H,3,5,8-12H2,1-2H3/t14-,15?,16+/m0/s1. The van der Waals surface area contributed by atoms with Crippen molar-refractivity contribution >= 4 is 11.7 Å². The van der Waals surface area contributed by atoms with Crippen molar-refractivity contribution in [2.75, 3.05) is 13.1 Å². The van der Waals surface area contributed by atoms with Crippen LogP contribution in [0.3, 0.4) is 0 Å². The third-order valence-corrected chi connectivity index (χ3v) is 5.31. The molecular weight excluding hydrogens is 304 g/mol. The van der Waals surface area contributed by atoms with Crippen LogP contribution in [0.15, 0.2) is 23.0 Å². The highest BCUT2D eigenvalue weighted by atomic mass is 16.2. The van der Waals surface area contributed by atoms with Gasteiger partial charge in [0, 0.05) is 49.7 Å². The van der Waals surface area contributed by atoms with Gasteiger partial charge in [-0.15, -0.1) is 0 Å². The summed E-state index contributed by atoms with van der Waals surface area (Å²) in [7, 11) is 0. The molecule has 130 valence electrons. The first-order valence-corrected chi connectivity index (χ1v) is 8.97. The Morgan fingerprint density at radius 1 is 1.25 bits per heavy atom. The highest BCUT2D eigenvalue weighted by molar-refractivity contribution is 5.85. The van der Waals surface area contributed by atoms with Crippen molar-refractivity contribution in [2.45, 2.75) is 52.0 Å². The van der Waals surface area contributed by atoms with Crippen LogP contribution in [0.5, 0.6) is 0 Å². The molecule has 2 aliphatic heterocycles. The zero-order valence-electron chi connectivity index (χ0n) is 14.5. The van der Waals surface area contributed by atoms with Gasteiger partial charge in [-0.1, -0.05) is 19.4 Å². The molecule has 1 amide bonds. The average molecular weight is 330 g/mol. The molecule has 3 atom stereocenters. The van der Waals surface area contributed by atoms with Crippen LogP contribution in [-0.2, 0) is 16.1 Å². The van der Waals surface area contributed by atoms with Gasteiger partial charge in [0.2, 0.25) is 5.91 Å². The lowest BCUT2D eigenvalue weighted by atomic mass is 9.82. The Morgan fingerprint density at radius 3 is 2.75 bits per heavy atom. The smallest absolute Gasteiger partial charge is 0.250 e. The number of hydrogen-bond donors (Lipinski definition) is 0. The van der Waals surface area contributed by atoms with E-state index in [1.165, 1.54) is 0 Å². The maximum absolute atomic E-state index is 12.9. The summed E-state index contributed by atoms with van der Waals surface area (Å²) in [6.45, 7) is 5.67. The van der Waals surface area contributed by atoms with Crippen LogP contribution in [0.1, 0.15) is 51.1 Å². The summed E-state index contributed by atoms with van der Waals surface area (Å²) < 4.78 is 1.87. The minimum absolute atomic E-state index is 0.0578. The number of pyridine rings is 1. The predicted molar refractivity (Wildman–Crippen MR) is 91.8 cm³/mol. The number of likely N-dealkylation sites (tertiary alicyclic amines) is 1. The van der Waals surface area contributed by atoms with E-state index in [-0.39, 0.29) is 29.1 Å². The van der Waals surface area contributed by atoms with Gasteiger partial charge >= 0.3 is 0 Å². The summed E-state index contributed by atoms with van der Waals surface area (Å²) in [5, 5.41) is 0. The van der Waals surface area contributed by atoms with Crippen molar-refractivity contribution in [1.29, 1.82) is 0 Å². The van der Waals surface area contributed by atoms with E-state index in [2.05, 4.69) is 0 Å². The molecule has 2 aliphatic rings. The first-order valence-electron chi connectivity index (χ1n) is 8.97. The fourth-order valence-corrected chi connectivity index (χ4v) is 4.34. The Kier molecular flexibility index (Phi) is 4.88. The van der Waals surface area contributed by atoms with Crippen LogP contribution in [0.4, 0.5) is 0 Å². The van der Waals surface area contributed by atoms with E-state index in [0.29, 0.717) is 32.0 Å². The number of rotatable bonds is 5. The molecule has 1 aromatic rings. The third kappa shape index (κ3) is 3.30. The molecule has 2 bridgehead atoms. The maximum Gasteiger partial charge on any atom is 0.250 e. The van der Waals surface area contributed by atoms with Crippen molar-refractivity contribution in [3.8, 4) is 0 Å². The first kappa shape index (κ1) is 16.9. The predicted octanol–water partition coefficient (Wildman–Crippen LogP) is 2.19. The molecule has 1 unspecified atom stereocenters. The van der Waals surface area contributed by atoms with Crippen molar-refractivity contribution in [3.63, 3.8) is 0 Å². The number of nitrogens with zero attached hydrogens (tertiary/aromatic N) is 2. The van der Waals surface area contributed by atoms with Crippen LogP contribution in [-0.4, -0.2) is 34.2 Å². The second-order valence-electron chi connectivity index (χ2n) is 7.33. The number of ketones is 1. The lowest BCUT2D eigenvalue weighted by molar-refractivity contribution is -0.140. The van der Waals surface area contributed by atoms with Gasteiger partial charge in [-0.05, 0) is 31.7 Å². The number of hydrogen-bond acceptors (Lipinski definition) is 3. The fraction of sp³-hybridized carbons (Fsp3) is 0.632. The summed E-state index contributed by atoms with van der Waals surface area (Å²) in [5.41, 5.74) is 1.11. The topological polar surface area (TPSA) is 59.4 Å². The number of aromatic nitrogens is 1. The third-order valence-electron chi connectivity index (χ3n) is 5.31. The van der Waals surface area contributed by atoms with Gasteiger partial charge in [0.1, 0.15) is 5.78 Å². The van der Waals surface area contributed by atoms with E-state index in [0.717, 1.165) is 25.0 Å². The molecular formula is C19H26N2O3. The van der Waals surface area contributed by atoms with Gasteiger partial charge in [0.25, 0.3) is 5.56 Å². The van der Waals surface area contributed by atoms with Gasteiger partial charge in [-0.2, -0.15) is 0 Å². The molecule has 0 radical (unpaired) electrons. The van der Waals surface area contributed by atoms with Crippen LogP contribution in [0.2, 0.25) is 0 Å². The zero-order valence-corrected chi connectivity index (χ0v) is 14.5. The number of amides is 1. The lowest BCUT2D eigenvalue weighted by Gasteiger charge is -2.43. The van der Waals surface area contributed by atoms with Crippen molar-refractivity contribution in [1.82, 2.24) is 9.47 Å². The SMILES string of the molecule is CCCC(CC(C)=O)C(=O)N1C[C@@H]2C[C@H](C1)c1cccc(=O)n1C2. The largest absolute Gasteiger partial charge is 0.341 e. The quantitative estimate of drug-likeness (QED) is 0.831. The van der Waals surface area contributed by atoms with E-state index in [1.807, 2.05) is 28.5 Å². The number of carbonyl (C=O) groups excluding carboxylic acids is 2. The van der Waals surface area contributed by atoms with E-state index in [9.17, 15) is 14.4 Å². The molecule has 0 spiro atoms. The first-order chi connectivity index (χ1) is 11.5. The van der Waals surface area contributed by atoms with Crippen LogP contribution in [0.25, 0.3) is 0 Å². The summed E-state index contributed by atoms with van der Waals surface area (Å²) in [5.74, 6) is 0.573. The molecule has 24 heavy (non-hydrogen) atoms. The molecule has 0 aliphatic carbocycles. The Labute approximate surface area is 142 Å². The molecule has 5 heteroatoms. The number of Topliss-reactive ketones (excluding diaryl/α,β-unsaturated/α-hetero) is 1. The van der Waals surface area contributed by atoms with Gasteiger partial charge < -0.3 is 14.3 Å². The summed E-state index contributed by atoms with van der Waals surface area (Å²) in [4.78, 5) is 38.5. The maximum atomic E-state index is 12.9. The van der Waals surface area contributed by atoms with Crippen molar-refractivity contribution in [3.05, 3.63) is 34.2 Å². The van der Waals surface area contributed by atoms with Crippen molar-refractivity contribution in [2.24, 2.45) is 11.8 Å². The summed E-state index contributed by atoms with van der Waals surface area (Å²) in [6, 6.07) is 5.43. The fourth-order valence-electron chi connectivity index (χ4n) is 4.34. The van der Waals surface area contributed by atoms with Crippen LogP contribution >= 0.6 is 0 Å². The molecule has 0 N–H and O–H groups in total. The molecule has 3 heterocycles. The Balaban J connectivity index is 1.79. The average Bonchev–Trinajstić information content (AvgIpc) is 2.54. The van der Waals surface area contributed by atoms with Crippen LogP contribution in [0, 0.1) is 11.8 Å². The van der Waals surface area contributed by atoms with E-state index < -0.39 is 0 Å². The molecule has 0 saturated carbocycles. The Hall–Kier alpha value is -1.91. The number of fused-ring (bicyclic) bond motifs is 4. The normalized spacial score (nSPS) is 23.5. The molecule has 3 rings (SSSR count). The minimum Gasteiger partial charge on any atom is -0.341 e. The van der Waals surface area contributed by atoms with Gasteiger partial charge in [0.05, 0.1) is 0 Å².